The van der Waals surface area contributed by atoms with Crippen molar-refractivity contribution >= 4 is 33.2 Å². The van der Waals surface area contributed by atoms with Crippen LogP contribution in [-0.4, -0.2) is 12.0 Å². The summed E-state index contributed by atoms with van der Waals surface area (Å²) in [7, 11) is 1.92. The number of benzene rings is 1. The molecule has 68 valence electrons. The van der Waals surface area contributed by atoms with Gasteiger partial charge < -0.3 is 5.32 Å². The summed E-state index contributed by atoms with van der Waals surface area (Å²) >= 11 is 7.55. The number of thiazole rings is 1. The maximum absolute atomic E-state index is 5.85. The average Bonchev–Trinajstić information content (AvgIpc) is 2.46. The lowest BCUT2D eigenvalue weighted by Crippen LogP contribution is -2.03. The Morgan fingerprint density at radius 1 is 1.54 bits per heavy atom. The minimum absolute atomic E-state index is 0.744. The first-order valence-electron chi connectivity index (χ1n) is 3.99. The maximum atomic E-state index is 5.85. The second kappa shape index (κ2) is 3.62. The zero-order valence-corrected chi connectivity index (χ0v) is 8.75. The number of nitrogens with one attached hydrogen (secondary N) is 1. The maximum Gasteiger partial charge on any atom is 0.108 e. The SMILES string of the molecule is CNCc1nc2cc(Cl)ccc2s1. The highest BCUT2D eigenvalue weighted by atomic mass is 35.5. The molecule has 0 aliphatic carbocycles. The topological polar surface area (TPSA) is 24.9 Å². The van der Waals surface area contributed by atoms with Gasteiger partial charge in [0.15, 0.2) is 0 Å². The van der Waals surface area contributed by atoms with Crippen molar-refractivity contribution in [2.75, 3.05) is 7.05 Å². The molecule has 0 saturated carbocycles. The molecule has 1 aromatic carbocycles. The molecule has 0 atom stereocenters. The van der Waals surface area contributed by atoms with Gasteiger partial charge in [-0.2, -0.15) is 0 Å². The average molecular weight is 213 g/mol. The predicted molar refractivity (Wildman–Crippen MR) is 57.4 cm³/mol. The molecule has 0 fully saturated rings. The Morgan fingerprint density at radius 2 is 2.38 bits per heavy atom. The van der Waals surface area contributed by atoms with Crippen molar-refractivity contribution in [3.8, 4) is 0 Å². The summed E-state index contributed by atoms with van der Waals surface area (Å²) in [5.74, 6) is 0. The molecule has 1 N–H and O–H groups in total. The summed E-state index contributed by atoms with van der Waals surface area (Å²) in [6.07, 6.45) is 0. The summed E-state index contributed by atoms with van der Waals surface area (Å²) < 4.78 is 1.19. The second-order valence-electron chi connectivity index (χ2n) is 2.75. The number of halogens is 1. The first-order valence-corrected chi connectivity index (χ1v) is 5.18. The molecular formula is C9H9ClN2S. The van der Waals surface area contributed by atoms with Gasteiger partial charge in [0, 0.05) is 11.6 Å². The van der Waals surface area contributed by atoms with E-state index in [1.54, 1.807) is 11.3 Å². The fourth-order valence-electron chi connectivity index (χ4n) is 1.18. The summed E-state index contributed by atoms with van der Waals surface area (Å²) in [5, 5.41) is 4.92. The van der Waals surface area contributed by atoms with E-state index in [0.29, 0.717) is 0 Å². The van der Waals surface area contributed by atoms with Crippen molar-refractivity contribution in [2.24, 2.45) is 0 Å². The first kappa shape index (κ1) is 8.94. The Labute approximate surface area is 85.6 Å². The van der Waals surface area contributed by atoms with Crippen LogP contribution in [0.3, 0.4) is 0 Å². The molecule has 2 rings (SSSR count). The van der Waals surface area contributed by atoms with Crippen LogP contribution in [0.2, 0.25) is 5.02 Å². The van der Waals surface area contributed by atoms with E-state index in [2.05, 4.69) is 10.3 Å². The van der Waals surface area contributed by atoms with Crippen LogP contribution in [0.5, 0.6) is 0 Å². The van der Waals surface area contributed by atoms with Crippen LogP contribution in [0.25, 0.3) is 10.2 Å². The molecule has 0 aliphatic heterocycles. The summed E-state index contributed by atoms with van der Waals surface area (Å²) in [5.41, 5.74) is 0.989. The molecule has 0 bridgehead atoms. The molecule has 2 aromatic rings. The highest BCUT2D eigenvalue weighted by molar-refractivity contribution is 7.18. The Bertz CT molecular complexity index is 424. The van der Waals surface area contributed by atoms with E-state index >= 15 is 0 Å². The number of hydrogen-bond donors (Lipinski definition) is 1. The van der Waals surface area contributed by atoms with Crippen LogP contribution in [0.1, 0.15) is 5.01 Å². The normalized spacial score (nSPS) is 10.9. The third-order valence-corrected chi connectivity index (χ3v) is 2.99. The van der Waals surface area contributed by atoms with Crippen molar-refractivity contribution < 1.29 is 0 Å². The first-order chi connectivity index (χ1) is 6.29. The highest BCUT2D eigenvalue weighted by Gasteiger charge is 2.02. The fourth-order valence-corrected chi connectivity index (χ4v) is 2.30. The number of hydrogen-bond acceptors (Lipinski definition) is 3. The molecule has 0 amide bonds. The van der Waals surface area contributed by atoms with Crippen LogP contribution in [0.4, 0.5) is 0 Å². The van der Waals surface area contributed by atoms with Crippen LogP contribution in [-0.2, 0) is 6.54 Å². The lowest BCUT2D eigenvalue weighted by atomic mass is 10.3. The van der Waals surface area contributed by atoms with E-state index in [-0.39, 0.29) is 0 Å². The van der Waals surface area contributed by atoms with E-state index in [9.17, 15) is 0 Å². The molecule has 1 heterocycles. The summed E-state index contributed by atoms with van der Waals surface area (Å²) in [4.78, 5) is 4.43. The fraction of sp³-hybridized carbons (Fsp3) is 0.222. The Balaban J connectivity index is 2.49. The van der Waals surface area contributed by atoms with E-state index in [1.165, 1.54) is 4.70 Å². The van der Waals surface area contributed by atoms with Gasteiger partial charge >= 0.3 is 0 Å². The van der Waals surface area contributed by atoms with Gasteiger partial charge in [0.1, 0.15) is 5.01 Å². The zero-order chi connectivity index (χ0) is 9.26. The van der Waals surface area contributed by atoms with Crippen molar-refractivity contribution in [2.45, 2.75) is 6.54 Å². The highest BCUT2D eigenvalue weighted by Crippen LogP contribution is 2.24. The molecule has 1 aromatic heterocycles. The van der Waals surface area contributed by atoms with Gasteiger partial charge in [-0.3, -0.25) is 0 Å². The van der Waals surface area contributed by atoms with Crippen LogP contribution in [0.15, 0.2) is 18.2 Å². The Morgan fingerprint density at radius 3 is 3.15 bits per heavy atom. The summed E-state index contributed by atoms with van der Waals surface area (Å²) in [6.45, 7) is 0.816. The van der Waals surface area contributed by atoms with Gasteiger partial charge in [-0.05, 0) is 25.2 Å². The van der Waals surface area contributed by atoms with Crippen molar-refractivity contribution in [1.82, 2.24) is 10.3 Å². The lowest BCUT2D eigenvalue weighted by molar-refractivity contribution is 0.812. The van der Waals surface area contributed by atoms with E-state index in [1.807, 2.05) is 25.2 Å². The molecule has 13 heavy (non-hydrogen) atoms. The molecule has 0 saturated heterocycles. The van der Waals surface area contributed by atoms with Crippen molar-refractivity contribution in [3.63, 3.8) is 0 Å². The van der Waals surface area contributed by atoms with Gasteiger partial charge in [-0.25, -0.2) is 4.98 Å². The third-order valence-electron chi connectivity index (χ3n) is 1.72. The van der Waals surface area contributed by atoms with Gasteiger partial charge in [0.25, 0.3) is 0 Å². The molecule has 0 spiro atoms. The number of rotatable bonds is 2. The number of aromatic nitrogens is 1. The number of fused-ring (bicyclic) bond motifs is 1. The zero-order valence-electron chi connectivity index (χ0n) is 7.17. The standard InChI is InChI=1S/C9H9ClN2S/c1-11-5-9-12-7-4-6(10)2-3-8(7)13-9/h2-4,11H,5H2,1H3. The van der Waals surface area contributed by atoms with Gasteiger partial charge in [0.2, 0.25) is 0 Å². The quantitative estimate of drug-likeness (QED) is 0.828. The van der Waals surface area contributed by atoms with E-state index in [0.717, 1.165) is 22.1 Å². The minimum Gasteiger partial charge on any atom is -0.314 e. The molecule has 4 heteroatoms. The van der Waals surface area contributed by atoms with Gasteiger partial charge in [-0.15, -0.1) is 11.3 Å². The monoisotopic (exact) mass is 212 g/mol. The number of nitrogens with zero attached hydrogens (tertiary/aromatic N) is 1. The van der Waals surface area contributed by atoms with Crippen molar-refractivity contribution in [1.29, 1.82) is 0 Å². The van der Waals surface area contributed by atoms with Crippen LogP contribution < -0.4 is 5.32 Å². The van der Waals surface area contributed by atoms with E-state index in [4.69, 9.17) is 11.6 Å². The third kappa shape index (κ3) is 1.82. The molecule has 0 unspecified atom stereocenters. The van der Waals surface area contributed by atoms with Gasteiger partial charge in [0.05, 0.1) is 10.2 Å². The molecular weight excluding hydrogens is 204 g/mol. The van der Waals surface area contributed by atoms with Gasteiger partial charge in [-0.1, -0.05) is 11.6 Å². The van der Waals surface area contributed by atoms with Crippen molar-refractivity contribution in [3.05, 3.63) is 28.2 Å². The van der Waals surface area contributed by atoms with E-state index < -0.39 is 0 Å². The van der Waals surface area contributed by atoms with Crippen LogP contribution in [0, 0.1) is 0 Å². The molecule has 0 aliphatic rings. The smallest absolute Gasteiger partial charge is 0.108 e. The minimum atomic E-state index is 0.744. The molecule has 2 nitrogen and oxygen atoms in total. The largest absolute Gasteiger partial charge is 0.314 e. The summed E-state index contributed by atoms with van der Waals surface area (Å²) in [6, 6.07) is 5.80. The van der Waals surface area contributed by atoms with Crippen LogP contribution >= 0.6 is 22.9 Å². The molecule has 0 radical (unpaired) electrons. The Kier molecular flexibility index (Phi) is 2.49. The Hall–Kier alpha value is -0.640. The second-order valence-corrected chi connectivity index (χ2v) is 4.30. The predicted octanol–water partition coefficient (Wildman–Crippen LogP) is 2.67. The lowest BCUT2D eigenvalue weighted by Gasteiger charge is -1.88.